The molecule has 4 aliphatic rings. The highest BCUT2D eigenvalue weighted by atomic mass is 19.4. The first-order valence-electron chi connectivity index (χ1n) is 21.5. The molecule has 5 amide bonds. The van der Waals surface area contributed by atoms with Gasteiger partial charge in [0, 0.05) is 105 Å². The van der Waals surface area contributed by atoms with Crippen LogP contribution in [0, 0.1) is 12.8 Å². The van der Waals surface area contributed by atoms with Crippen molar-refractivity contribution < 1.29 is 32.3 Å². The fourth-order valence-corrected chi connectivity index (χ4v) is 9.15. The fourth-order valence-electron chi connectivity index (χ4n) is 9.15. The van der Waals surface area contributed by atoms with Crippen LogP contribution < -0.4 is 36.4 Å². The number of aromatic nitrogens is 3. The third kappa shape index (κ3) is 8.82. The Balaban J connectivity index is 0.793. The molecule has 15 nitrogen and oxygen atoms in total. The van der Waals surface area contributed by atoms with E-state index in [1.54, 1.807) is 28.6 Å². The number of hydrogen-bond acceptors (Lipinski definition) is 10. The number of halogens is 3. The average molecular weight is 876 g/mol. The highest BCUT2D eigenvalue weighted by Gasteiger charge is 2.32. The summed E-state index contributed by atoms with van der Waals surface area (Å²) in [5.41, 5.74) is 12.1. The van der Waals surface area contributed by atoms with E-state index in [1.165, 1.54) is 6.07 Å². The van der Waals surface area contributed by atoms with Gasteiger partial charge in [-0.25, -0.2) is 14.5 Å². The number of carbonyl (C=O) groups is 4. The topological polar surface area (TPSA) is 174 Å². The molecule has 332 valence electrons. The number of nitrogens with one attached hydrogen (secondary N) is 3. The molecule has 5 aromatic rings. The van der Waals surface area contributed by atoms with Gasteiger partial charge in [-0.2, -0.15) is 18.3 Å². The highest BCUT2D eigenvalue weighted by molar-refractivity contribution is 6.07. The molecule has 9 rings (SSSR count). The molecule has 0 saturated carbocycles. The van der Waals surface area contributed by atoms with E-state index in [-0.39, 0.29) is 28.9 Å². The van der Waals surface area contributed by atoms with E-state index >= 15 is 0 Å². The summed E-state index contributed by atoms with van der Waals surface area (Å²) >= 11 is 0. The largest absolute Gasteiger partial charge is 0.416 e. The molecule has 3 aromatic carbocycles. The third-order valence-corrected chi connectivity index (χ3v) is 12.7. The van der Waals surface area contributed by atoms with Gasteiger partial charge >= 0.3 is 12.2 Å². The van der Waals surface area contributed by atoms with Gasteiger partial charge in [0.15, 0.2) is 0 Å². The number of alkyl halides is 3. The molecule has 0 unspecified atom stereocenters. The van der Waals surface area contributed by atoms with Gasteiger partial charge in [0.05, 0.1) is 5.56 Å². The minimum atomic E-state index is -4.58. The number of pyridine rings is 1. The minimum absolute atomic E-state index is 0.191. The van der Waals surface area contributed by atoms with Crippen LogP contribution in [0.3, 0.4) is 0 Å². The first kappa shape index (κ1) is 42.4. The second-order valence-corrected chi connectivity index (χ2v) is 16.8. The first-order valence-corrected chi connectivity index (χ1v) is 21.5. The summed E-state index contributed by atoms with van der Waals surface area (Å²) in [6, 6.07) is 20.4. The van der Waals surface area contributed by atoms with E-state index in [2.05, 4.69) is 59.9 Å². The number of anilines is 6. The summed E-state index contributed by atoms with van der Waals surface area (Å²) < 4.78 is 41.3. The predicted molar refractivity (Wildman–Crippen MR) is 237 cm³/mol. The Morgan fingerprint density at radius 3 is 2.23 bits per heavy atom. The minimum Gasteiger partial charge on any atom is -0.372 e. The number of nitrogens with two attached hydrogens (primary N) is 1. The van der Waals surface area contributed by atoms with Crippen LogP contribution in [0.25, 0.3) is 11.3 Å². The Bertz CT molecular complexity index is 2620. The standard InChI is InChI=1S/C46H48F3N11O4/c1-28-24-31(44(63)53-38-26-32(10-15-51-38)46(47,48)49)2-8-36(28)41-40(42(50)62)43-52-37-9-7-35(25-30(37)13-19-60(43)55-41)58-22-20-56(21-23-58)27-29-11-16-57(17-12-29)33-3-5-34(6-4-33)59-18-14-39(61)54-45(59)64/h2-10,15,24-26,29,52H,11-14,16-23,27H2,1H3,(H2,50,62)(H,51,53,63)(H,54,61,64). The zero-order chi connectivity index (χ0) is 44.7. The van der Waals surface area contributed by atoms with Crippen LogP contribution in [0.1, 0.15) is 56.7 Å². The Labute approximate surface area is 367 Å². The molecule has 4 aliphatic heterocycles. The van der Waals surface area contributed by atoms with E-state index in [1.807, 2.05) is 18.2 Å². The van der Waals surface area contributed by atoms with Crippen molar-refractivity contribution in [3.8, 4) is 11.3 Å². The van der Waals surface area contributed by atoms with Gasteiger partial charge in [0.25, 0.3) is 11.8 Å². The number of nitrogens with zero attached hydrogens (tertiary/aromatic N) is 7. The van der Waals surface area contributed by atoms with Crippen LogP contribution in [0.15, 0.2) is 79.0 Å². The number of amides is 5. The van der Waals surface area contributed by atoms with E-state index in [4.69, 9.17) is 10.8 Å². The number of rotatable bonds is 9. The van der Waals surface area contributed by atoms with Crippen molar-refractivity contribution in [3.05, 3.63) is 107 Å². The molecule has 0 bridgehead atoms. The van der Waals surface area contributed by atoms with Gasteiger partial charge in [-0.3, -0.25) is 29.5 Å². The maximum absolute atomic E-state index is 13.2. The zero-order valence-corrected chi connectivity index (χ0v) is 35.3. The monoisotopic (exact) mass is 875 g/mol. The maximum atomic E-state index is 13.2. The Kier molecular flexibility index (Phi) is 11.5. The summed E-state index contributed by atoms with van der Waals surface area (Å²) in [7, 11) is 0. The van der Waals surface area contributed by atoms with E-state index in [0.29, 0.717) is 54.5 Å². The maximum Gasteiger partial charge on any atom is 0.416 e. The number of urea groups is 1. The van der Waals surface area contributed by atoms with Crippen molar-refractivity contribution in [2.75, 3.05) is 77.7 Å². The molecule has 64 heavy (non-hydrogen) atoms. The van der Waals surface area contributed by atoms with Crippen molar-refractivity contribution in [2.45, 2.75) is 45.3 Å². The number of piperazine rings is 1. The molecule has 6 heterocycles. The van der Waals surface area contributed by atoms with E-state index in [0.717, 1.165) is 105 Å². The van der Waals surface area contributed by atoms with Crippen molar-refractivity contribution >= 4 is 58.1 Å². The molecule has 3 fully saturated rings. The number of fused-ring (bicyclic) bond motifs is 2. The van der Waals surface area contributed by atoms with Crippen molar-refractivity contribution in [3.63, 3.8) is 0 Å². The van der Waals surface area contributed by atoms with Gasteiger partial charge in [0.1, 0.15) is 22.9 Å². The molecule has 18 heteroatoms. The Morgan fingerprint density at radius 1 is 0.812 bits per heavy atom. The fraction of sp³-hybridized carbons (Fsp3) is 0.348. The highest BCUT2D eigenvalue weighted by Crippen LogP contribution is 2.38. The van der Waals surface area contributed by atoms with Crippen LogP contribution in [0.4, 0.5) is 52.4 Å². The molecular weight excluding hydrogens is 828 g/mol. The quantitative estimate of drug-likeness (QED) is 0.130. The summed E-state index contributed by atoms with van der Waals surface area (Å²) in [4.78, 5) is 62.7. The predicted octanol–water partition coefficient (Wildman–Crippen LogP) is 6.41. The second kappa shape index (κ2) is 17.3. The van der Waals surface area contributed by atoms with Gasteiger partial charge in [-0.1, -0.05) is 6.07 Å². The van der Waals surface area contributed by atoms with Gasteiger partial charge < -0.3 is 26.2 Å². The number of piperidine rings is 1. The summed E-state index contributed by atoms with van der Waals surface area (Å²) in [5.74, 6) is -0.671. The van der Waals surface area contributed by atoms with Crippen LogP contribution >= 0.6 is 0 Å². The summed E-state index contributed by atoms with van der Waals surface area (Å²) in [6.07, 6.45) is -0.407. The van der Waals surface area contributed by atoms with Crippen molar-refractivity contribution in [1.82, 2.24) is 25.0 Å². The molecule has 0 aliphatic carbocycles. The van der Waals surface area contributed by atoms with E-state index in [9.17, 15) is 32.3 Å². The third-order valence-electron chi connectivity index (χ3n) is 12.7. The first-order chi connectivity index (χ1) is 30.8. The zero-order valence-electron chi connectivity index (χ0n) is 35.3. The number of primary amides is 1. The molecule has 2 aromatic heterocycles. The lowest BCUT2D eigenvalue weighted by atomic mass is 9.95. The average Bonchev–Trinajstić information content (AvgIpc) is 3.54. The normalized spacial score (nSPS) is 17.3. The molecule has 0 atom stereocenters. The van der Waals surface area contributed by atoms with Crippen molar-refractivity contribution in [2.24, 2.45) is 11.7 Å². The molecular formula is C46H48F3N11O4. The molecule has 0 radical (unpaired) electrons. The van der Waals surface area contributed by atoms with E-state index < -0.39 is 23.6 Å². The summed E-state index contributed by atoms with van der Waals surface area (Å²) in [5, 5.41) is 13.1. The summed E-state index contributed by atoms with van der Waals surface area (Å²) in [6.45, 7) is 9.46. The van der Waals surface area contributed by atoms with Gasteiger partial charge in [-0.05, 0) is 110 Å². The Morgan fingerprint density at radius 2 is 1.53 bits per heavy atom. The van der Waals surface area contributed by atoms with Gasteiger partial charge in [-0.15, -0.1) is 0 Å². The van der Waals surface area contributed by atoms with Crippen molar-refractivity contribution in [1.29, 1.82) is 0 Å². The molecule has 0 spiro atoms. The van der Waals surface area contributed by atoms with Crippen LogP contribution in [-0.4, -0.2) is 95.8 Å². The molecule has 3 saturated heterocycles. The SMILES string of the molecule is Cc1cc(C(=O)Nc2cc(C(F)(F)F)ccn2)ccc1-c1nn2c(c1C(N)=O)Nc1ccc(N3CCN(CC4CCN(c5ccc(N6CCC(=O)NC6=O)cc5)CC4)CC3)cc1CC2. The van der Waals surface area contributed by atoms with Crippen LogP contribution in [0.5, 0.6) is 0 Å². The van der Waals surface area contributed by atoms with Crippen LogP contribution in [-0.2, 0) is 23.9 Å². The number of imide groups is 1. The number of benzene rings is 3. The van der Waals surface area contributed by atoms with Gasteiger partial charge in [0.2, 0.25) is 5.91 Å². The lowest BCUT2D eigenvalue weighted by Gasteiger charge is -2.40. The number of aryl methyl sites for hydroxylation is 3. The Hall–Kier alpha value is -6.95. The lowest BCUT2D eigenvalue weighted by Crippen LogP contribution is -2.49. The molecule has 5 N–H and O–H groups in total. The number of hydrogen-bond donors (Lipinski definition) is 4. The van der Waals surface area contributed by atoms with Crippen LogP contribution in [0.2, 0.25) is 0 Å². The second-order valence-electron chi connectivity index (χ2n) is 16.8. The smallest absolute Gasteiger partial charge is 0.372 e. The number of carbonyl (C=O) groups excluding carboxylic acids is 4. The lowest BCUT2D eigenvalue weighted by molar-refractivity contribution is -0.137.